The van der Waals surface area contributed by atoms with E-state index >= 15 is 0 Å². The van der Waals surface area contributed by atoms with Crippen LogP contribution in [0.4, 0.5) is 0 Å². The second-order valence-electron chi connectivity index (χ2n) is 8.76. The molecule has 1 aromatic heterocycles. The SMILES string of the molecule is O=C(CCCCNC(=O)C(CCSc1ccccc1)CCSc1ccccc1)c1nc2ccccc2o1. The number of carbonyl (C=O) groups is 2. The van der Waals surface area contributed by atoms with E-state index in [0.29, 0.717) is 30.5 Å². The summed E-state index contributed by atoms with van der Waals surface area (Å²) in [4.78, 5) is 32.2. The molecule has 0 aliphatic heterocycles. The van der Waals surface area contributed by atoms with Crippen molar-refractivity contribution in [3.8, 4) is 0 Å². The van der Waals surface area contributed by atoms with Gasteiger partial charge in [-0.2, -0.15) is 0 Å². The molecule has 0 atom stereocenters. The summed E-state index contributed by atoms with van der Waals surface area (Å²) in [5.41, 5.74) is 1.32. The third-order valence-corrected chi connectivity index (χ3v) is 8.08. The Hall–Kier alpha value is -3.03. The minimum Gasteiger partial charge on any atom is -0.434 e. The Morgan fingerprint density at radius 2 is 1.38 bits per heavy atom. The fourth-order valence-corrected chi connectivity index (χ4v) is 5.92. The lowest BCUT2D eigenvalue weighted by Gasteiger charge is -2.17. The number of benzene rings is 3. The first kappa shape index (κ1) is 27.0. The Balaban J connectivity index is 1.20. The number of fused-ring (bicyclic) bond motifs is 1. The van der Waals surface area contributed by atoms with Crippen LogP contribution in [0, 0.1) is 5.92 Å². The van der Waals surface area contributed by atoms with E-state index in [-0.39, 0.29) is 23.5 Å². The Morgan fingerprint density at radius 3 is 2.00 bits per heavy atom. The number of ketones is 1. The van der Waals surface area contributed by atoms with Gasteiger partial charge in [-0.3, -0.25) is 9.59 Å². The third-order valence-electron chi connectivity index (χ3n) is 5.99. The van der Waals surface area contributed by atoms with Gasteiger partial charge in [-0.1, -0.05) is 48.5 Å². The van der Waals surface area contributed by atoms with Crippen LogP contribution in [0.15, 0.2) is 99.1 Å². The number of carbonyl (C=O) groups excluding carboxylic acids is 2. The maximum atomic E-state index is 13.0. The minimum atomic E-state index is -0.101. The number of para-hydroxylation sites is 2. The van der Waals surface area contributed by atoms with E-state index in [4.69, 9.17) is 4.42 Å². The van der Waals surface area contributed by atoms with Gasteiger partial charge in [-0.15, -0.1) is 23.5 Å². The van der Waals surface area contributed by atoms with Gasteiger partial charge in [0.15, 0.2) is 5.58 Å². The van der Waals surface area contributed by atoms with Gasteiger partial charge in [0.1, 0.15) is 5.52 Å². The standard InChI is InChI=1S/C30H32N2O3S2/c33-27(30-32-26-15-7-8-17-28(26)35-30)16-9-10-20-31-29(34)23(18-21-36-24-11-3-1-4-12-24)19-22-37-25-13-5-2-6-14-25/h1-8,11-15,17,23H,9-10,16,18-22H2,(H,31,34). The van der Waals surface area contributed by atoms with Crippen molar-refractivity contribution in [2.75, 3.05) is 18.1 Å². The van der Waals surface area contributed by atoms with Gasteiger partial charge in [0.2, 0.25) is 11.7 Å². The highest BCUT2D eigenvalue weighted by molar-refractivity contribution is 7.99. The molecule has 37 heavy (non-hydrogen) atoms. The van der Waals surface area contributed by atoms with Crippen molar-refractivity contribution in [3.05, 3.63) is 90.8 Å². The monoisotopic (exact) mass is 532 g/mol. The lowest BCUT2D eigenvalue weighted by Crippen LogP contribution is -2.32. The van der Waals surface area contributed by atoms with Crippen LogP contribution in [0.25, 0.3) is 11.1 Å². The smallest absolute Gasteiger partial charge is 0.264 e. The summed E-state index contributed by atoms with van der Waals surface area (Å²) in [5, 5.41) is 3.11. The summed E-state index contributed by atoms with van der Waals surface area (Å²) in [6.45, 7) is 0.563. The van der Waals surface area contributed by atoms with Crippen LogP contribution in [-0.4, -0.2) is 34.7 Å². The normalized spacial score (nSPS) is 11.2. The average Bonchev–Trinajstić information content (AvgIpc) is 3.38. The molecule has 1 heterocycles. The topological polar surface area (TPSA) is 72.2 Å². The lowest BCUT2D eigenvalue weighted by molar-refractivity contribution is -0.125. The molecule has 192 valence electrons. The molecule has 0 unspecified atom stereocenters. The summed E-state index contributed by atoms with van der Waals surface area (Å²) in [6.07, 6.45) is 3.43. The van der Waals surface area contributed by atoms with Gasteiger partial charge in [-0.05, 0) is 73.6 Å². The third kappa shape index (κ3) is 8.79. The van der Waals surface area contributed by atoms with Crippen molar-refractivity contribution in [1.82, 2.24) is 10.3 Å². The number of nitrogens with one attached hydrogen (secondary N) is 1. The molecule has 0 fully saturated rings. The highest BCUT2D eigenvalue weighted by Crippen LogP contribution is 2.25. The highest BCUT2D eigenvalue weighted by atomic mass is 32.2. The number of oxazole rings is 1. The fraction of sp³-hybridized carbons (Fsp3) is 0.300. The van der Waals surface area contributed by atoms with Crippen molar-refractivity contribution in [2.24, 2.45) is 5.92 Å². The van der Waals surface area contributed by atoms with E-state index < -0.39 is 0 Å². The Labute approximate surface area is 226 Å². The number of Topliss-reactive ketones (excluding diaryl/α,β-unsaturated/α-hetero) is 1. The van der Waals surface area contributed by atoms with Gasteiger partial charge >= 0.3 is 0 Å². The molecule has 0 aliphatic rings. The molecule has 4 aromatic rings. The maximum absolute atomic E-state index is 13.0. The molecule has 0 saturated heterocycles. The zero-order valence-corrected chi connectivity index (χ0v) is 22.4. The number of hydrogen-bond donors (Lipinski definition) is 1. The van der Waals surface area contributed by atoms with Crippen LogP contribution in [0.5, 0.6) is 0 Å². The van der Waals surface area contributed by atoms with Gasteiger partial charge in [-0.25, -0.2) is 4.98 Å². The average molecular weight is 533 g/mol. The van der Waals surface area contributed by atoms with Gasteiger partial charge in [0.25, 0.3) is 5.89 Å². The van der Waals surface area contributed by atoms with Gasteiger partial charge in [0.05, 0.1) is 0 Å². The molecule has 0 bridgehead atoms. The minimum absolute atomic E-state index is 0.0335. The molecule has 0 spiro atoms. The summed E-state index contributed by atoms with van der Waals surface area (Å²) in [5.74, 6) is 1.93. The van der Waals surface area contributed by atoms with Crippen molar-refractivity contribution >= 4 is 46.3 Å². The first-order valence-corrected chi connectivity index (χ1v) is 14.7. The van der Waals surface area contributed by atoms with E-state index in [1.807, 2.05) is 60.7 Å². The molecule has 3 aromatic carbocycles. The van der Waals surface area contributed by atoms with Crippen molar-refractivity contribution in [2.45, 2.75) is 41.9 Å². The van der Waals surface area contributed by atoms with Gasteiger partial charge < -0.3 is 9.73 Å². The Kier molecular flexibility index (Phi) is 10.7. The number of thioether (sulfide) groups is 2. The second-order valence-corrected chi connectivity index (χ2v) is 11.1. The molecular formula is C30H32N2O3S2. The van der Waals surface area contributed by atoms with Crippen molar-refractivity contribution < 1.29 is 14.0 Å². The Morgan fingerprint density at radius 1 is 0.784 bits per heavy atom. The first-order valence-electron chi connectivity index (χ1n) is 12.7. The maximum Gasteiger partial charge on any atom is 0.264 e. The number of hydrogen-bond acceptors (Lipinski definition) is 6. The molecule has 0 radical (unpaired) electrons. The van der Waals surface area contributed by atoms with Crippen molar-refractivity contribution in [1.29, 1.82) is 0 Å². The lowest BCUT2D eigenvalue weighted by atomic mass is 10.0. The first-order chi connectivity index (χ1) is 18.2. The van der Waals surface area contributed by atoms with E-state index in [1.54, 1.807) is 23.5 Å². The largest absolute Gasteiger partial charge is 0.434 e. The number of rotatable bonds is 15. The van der Waals surface area contributed by atoms with Crippen LogP contribution >= 0.6 is 23.5 Å². The van der Waals surface area contributed by atoms with Crippen LogP contribution in [-0.2, 0) is 4.79 Å². The predicted molar refractivity (Wildman–Crippen MR) is 152 cm³/mol. The van der Waals surface area contributed by atoms with Gasteiger partial charge in [0, 0.05) is 28.7 Å². The van der Waals surface area contributed by atoms with Crippen LogP contribution in [0.3, 0.4) is 0 Å². The number of amides is 1. The molecule has 1 amide bonds. The fourth-order valence-electron chi connectivity index (χ4n) is 3.94. The quantitative estimate of drug-likeness (QED) is 0.0985. The molecule has 0 saturated carbocycles. The molecule has 1 N–H and O–H groups in total. The molecular weight excluding hydrogens is 500 g/mol. The number of nitrogens with zero attached hydrogens (tertiary/aromatic N) is 1. The van der Waals surface area contributed by atoms with E-state index in [2.05, 4.69) is 34.6 Å². The van der Waals surface area contributed by atoms with E-state index in [9.17, 15) is 9.59 Å². The van der Waals surface area contributed by atoms with E-state index in [1.165, 1.54) is 9.79 Å². The molecule has 0 aliphatic carbocycles. The summed E-state index contributed by atoms with van der Waals surface area (Å²) in [6, 6.07) is 28.0. The summed E-state index contributed by atoms with van der Waals surface area (Å²) < 4.78 is 5.56. The Bertz CT molecular complexity index is 1180. The van der Waals surface area contributed by atoms with Crippen LogP contribution < -0.4 is 5.32 Å². The number of aromatic nitrogens is 1. The summed E-state index contributed by atoms with van der Waals surface area (Å²) >= 11 is 3.58. The van der Waals surface area contributed by atoms with Crippen molar-refractivity contribution in [3.63, 3.8) is 0 Å². The van der Waals surface area contributed by atoms with Crippen LogP contribution in [0.1, 0.15) is 42.8 Å². The molecule has 4 rings (SSSR count). The zero-order valence-electron chi connectivity index (χ0n) is 20.8. The zero-order chi connectivity index (χ0) is 25.7. The molecule has 5 nitrogen and oxygen atoms in total. The summed E-state index contributed by atoms with van der Waals surface area (Å²) in [7, 11) is 0. The number of unbranched alkanes of at least 4 members (excludes halogenated alkanes) is 1. The predicted octanol–water partition coefficient (Wildman–Crippen LogP) is 7.28. The highest BCUT2D eigenvalue weighted by Gasteiger charge is 2.18. The van der Waals surface area contributed by atoms with E-state index in [0.717, 1.165) is 30.8 Å². The second kappa shape index (κ2) is 14.6. The molecule has 7 heteroatoms. The van der Waals surface area contributed by atoms with Crippen LogP contribution in [0.2, 0.25) is 0 Å².